The van der Waals surface area contributed by atoms with Crippen molar-refractivity contribution in [3.05, 3.63) is 33.4 Å². The van der Waals surface area contributed by atoms with Crippen LogP contribution < -0.4 is 16.4 Å². The number of fused-ring (bicyclic) bond motifs is 1. The lowest BCUT2D eigenvalue weighted by Gasteiger charge is -2.35. The lowest BCUT2D eigenvalue weighted by molar-refractivity contribution is -0.130. The standard InChI is InChI=1S/C23H26Cl3N7O/c24-13-9-15(25)18(16(26)10-13)31-22-30-17-11-28-21(29-14-5-4-6-14)32-19(17)33(22)12-23(20(27)34)7-2-1-3-8-23/h9-11,14H,1-8,12H2,(H2,27,34)(H,30,31)(H,28,29,32). The SMILES string of the molecule is NC(=O)C1(Cn2c(Nc3c(Cl)cc(Cl)cc3Cl)nc3cnc(NC4CCC4)nc32)CCCCC1. The maximum absolute atomic E-state index is 12.7. The number of benzene rings is 1. The average Bonchev–Trinajstić information content (AvgIpc) is 3.10. The van der Waals surface area contributed by atoms with Gasteiger partial charge in [-0.25, -0.2) is 9.97 Å². The van der Waals surface area contributed by atoms with Crippen molar-refractivity contribution in [2.24, 2.45) is 11.1 Å². The first-order chi connectivity index (χ1) is 16.3. The number of anilines is 3. The van der Waals surface area contributed by atoms with Crippen LogP contribution in [-0.4, -0.2) is 31.5 Å². The predicted octanol–water partition coefficient (Wildman–Crippen LogP) is 5.93. The van der Waals surface area contributed by atoms with Gasteiger partial charge in [0.1, 0.15) is 5.52 Å². The molecule has 8 nitrogen and oxygen atoms in total. The van der Waals surface area contributed by atoms with Crippen LogP contribution in [0.15, 0.2) is 18.3 Å². The Balaban J connectivity index is 1.59. The van der Waals surface area contributed by atoms with Gasteiger partial charge in [-0.05, 0) is 44.2 Å². The summed E-state index contributed by atoms with van der Waals surface area (Å²) >= 11 is 18.9. The van der Waals surface area contributed by atoms with E-state index in [4.69, 9.17) is 50.5 Å². The van der Waals surface area contributed by atoms with Crippen molar-refractivity contribution in [1.29, 1.82) is 0 Å². The molecule has 2 saturated carbocycles. The highest BCUT2D eigenvalue weighted by molar-refractivity contribution is 6.41. The van der Waals surface area contributed by atoms with E-state index in [1.54, 1.807) is 18.3 Å². The van der Waals surface area contributed by atoms with E-state index in [0.29, 0.717) is 56.4 Å². The normalized spacial score (nSPS) is 18.0. The number of imidazole rings is 1. The van der Waals surface area contributed by atoms with E-state index >= 15 is 0 Å². The molecule has 34 heavy (non-hydrogen) atoms. The third-order valence-corrected chi connectivity index (χ3v) is 7.78. The summed E-state index contributed by atoms with van der Waals surface area (Å²) < 4.78 is 1.90. The van der Waals surface area contributed by atoms with E-state index in [-0.39, 0.29) is 5.91 Å². The van der Waals surface area contributed by atoms with Crippen LogP contribution in [0.1, 0.15) is 51.4 Å². The number of nitrogens with zero attached hydrogens (tertiary/aromatic N) is 4. The van der Waals surface area contributed by atoms with Gasteiger partial charge in [-0.15, -0.1) is 0 Å². The van der Waals surface area contributed by atoms with E-state index < -0.39 is 5.41 Å². The van der Waals surface area contributed by atoms with Gasteiger partial charge in [-0.2, -0.15) is 4.98 Å². The van der Waals surface area contributed by atoms with Crippen molar-refractivity contribution in [2.45, 2.75) is 64.0 Å². The molecule has 1 aromatic carbocycles. The Hall–Kier alpha value is -2.29. The van der Waals surface area contributed by atoms with Crippen LogP contribution in [0.2, 0.25) is 15.1 Å². The summed E-state index contributed by atoms with van der Waals surface area (Å²) in [7, 11) is 0. The number of hydrogen-bond acceptors (Lipinski definition) is 6. The minimum absolute atomic E-state index is 0.301. The van der Waals surface area contributed by atoms with Crippen LogP contribution in [0.4, 0.5) is 17.6 Å². The number of aromatic nitrogens is 4. The smallest absolute Gasteiger partial charge is 0.225 e. The second kappa shape index (κ2) is 9.40. The Morgan fingerprint density at radius 1 is 1.09 bits per heavy atom. The van der Waals surface area contributed by atoms with Crippen LogP contribution in [-0.2, 0) is 11.3 Å². The molecule has 180 valence electrons. The number of carbonyl (C=O) groups is 1. The summed E-state index contributed by atoms with van der Waals surface area (Å²) in [5.74, 6) is 0.705. The molecule has 2 aliphatic carbocycles. The van der Waals surface area contributed by atoms with Gasteiger partial charge in [0.05, 0.1) is 27.3 Å². The van der Waals surface area contributed by atoms with Gasteiger partial charge in [0.2, 0.25) is 17.8 Å². The molecule has 3 aromatic rings. The fourth-order valence-electron chi connectivity index (χ4n) is 4.76. The average molecular weight is 523 g/mol. The Morgan fingerprint density at radius 2 is 1.79 bits per heavy atom. The summed E-state index contributed by atoms with van der Waals surface area (Å²) in [6.07, 6.45) is 9.55. The molecule has 11 heteroatoms. The fourth-order valence-corrected chi connectivity index (χ4v) is 5.67. The largest absolute Gasteiger partial charge is 0.369 e. The predicted molar refractivity (Wildman–Crippen MR) is 136 cm³/mol. The van der Waals surface area contributed by atoms with E-state index in [2.05, 4.69) is 15.6 Å². The molecule has 2 fully saturated rings. The monoisotopic (exact) mass is 521 g/mol. The molecule has 5 rings (SSSR count). The lowest BCUT2D eigenvalue weighted by atomic mass is 9.73. The van der Waals surface area contributed by atoms with E-state index in [1.165, 1.54) is 6.42 Å². The van der Waals surface area contributed by atoms with Gasteiger partial charge < -0.3 is 16.4 Å². The second-order valence-electron chi connectivity index (χ2n) is 9.27. The number of primary amides is 1. The first-order valence-electron chi connectivity index (χ1n) is 11.6. The van der Waals surface area contributed by atoms with Crippen LogP contribution in [0.3, 0.4) is 0 Å². The van der Waals surface area contributed by atoms with Gasteiger partial charge in [-0.1, -0.05) is 54.1 Å². The highest BCUT2D eigenvalue weighted by Gasteiger charge is 2.39. The third kappa shape index (κ3) is 4.51. The molecule has 2 heterocycles. The van der Waals surface area contributed by atoms with E-state index in [9.17, 15) is 4.79 Å². The van der Waals surface area contributed by atoms with Gasteiger partial charge in [0.15, 0.2) is 5.65 Å². The first-order valence-corrected chi connectivity index (χ1v) is 12.7. The van der Waals surface area contributed by atoms with Gasteiger partial charge in [0.25, 0.3) is 0 Å². The number of hydrogen-bond donors (Lipinski definition) is 3. The summed E-state index contributed by atoms with van der Waals surface area (Å²) in [5.41, 5.74) is 6.97. The zero-order valence-corrected chi connectivity index (χ0v) is 20.8. The van der Waals surface area contributed by atoms with Crippen molar-refractivity contribution in [3.8, 4) is 0 Å². The fraction of sp³-hybridized carbons (Fsp3) is 0.478. The van der Waals surface area contributed by atoms with Crippen molar-refractivity contribution in [3.63, 3.8) is 0 Å². The first kappa shape index (κ1) is 23.5. The molecule has 0 spiro atoms. The molecule has 4 N–H and O–H groups in total. The molecular formula is C23H26Cl3N7O. The number of rotatable bonds is 7. The topological polar surface area (TPSA) is 111 Å². The van der Waals surface area contributed by atoms with E-state index in [0.717, 1.165) is 44.9 Å². The maximum Gasteiger partial charge on any atom is 0.225 e. The Kier molecular flexibility index (Phi) is 6.48. The van der Waals surface area contributed by atoms with Crippen LogP contribution in [0.25, 0.3) is 11.2 Å². The molecule has 1 amide bonds. The number of halogens is 3. The Morgan fingerprint density at radius 3 is 2.41 bits per heavy atom. The van der Waals surface area contributed by atoms with Crippen LogP contribution in [0.5, 0.6) is 0 Å². The highest BCUT2D eigenvalue weighted by Crippen LogP contribution is 2.41. The number of carbonyl (C=O) groups excluding carboxylic acids is 1. The molecule has 0 atom stereocenters. The molecule has 0 unspecified atom stereocenters. The molecule has 0 aliphatic heterocycles. The minimum atomic E-state index is -0.678. The molecule has 0 saturated heterocycles. The van der Waals surface area contributed by atoms with Crippen molar-refractivity contribution in [2.75, 3.05) is 10.6 Å². The highest BCUT2D eigenvalue weighted by atomic mass is 35.5. The number of nitrogens with one attached hydrogen (secondary N) is 2. The minimum Gasteiger partial charge on any atom is -0.369 e. The number of amides is 1. The zero-order valence-electron chi connectivity index (χ0n) is 18.6. The van der Waals surface area contributed by atoms with Crippen LogP contribution in [0, 0.1) is 5.41 Å². The summed E-state index contributed by atoms with van der Waals surface area (Å²) in [6, 6.07) is 3.60. The Bertz CT molecular complexity index is 1210. The summed E-state index contributed by atoms with van der Waals surface area (Å²) in [4.78, 5) is 26.6. The summed E-state index contributed by atoms with van der Waals surface area (Å²) in [6.45, 7) is 0.351. The Labute approximate surface area is 212 Å². The maximum atomic E-state index is 12.7. The molecule has 2 aromatic heterocycles. The van der Waals surface area contributed by atoms with Gasteiger partial charge in [-0.3, -0.25) is 9.36 Å². The van der Waals surface area contributed by atoms with Crippen molar-refractivity contribution >= 4 is 69.5 Å². The van der Waals surface area contributed by atoms with Gasteiger partial charge in [0, 0.05) is 17.6 Å². The van der Waals surface area contributed by atoms with E-state index in [1.807, 2.05) is 4.57 Å². The zero-order chi connectivity index (χ0) is 23.9. The van der Waals surface area contributed by atoms with Gasteiger partial charge >= 0.3 is 0 Å². The second-order valence-corrected chi connectivity index (χ2v) is 10.5. The number of nitrogens with two attached hydrogens (primary N) is 1. The molecule has 0 bridgehead atoms. The molecule has 0 radical (unpaired) electrons. The lowest BCUT2D eigenvalue weighted by Crippen LogP contribution is -2.42. The quantitative estimate of drug-likeness (QED) is 0.355. The molecule has 2 aliphatic rings. The van der Waals surface area contributed by atoms with Crippen molar-refractivity contribution < 1.29 is 4.79 Å². The summed E-state index contributed by atoms with van der Waals surface area (Å²) in [5, 5.41) is 7.78. The van der Waals surface area contributed by atoms with Crippen LogP contribution >= 0.6 is 34.8 Å². The third-order valence-electron chi connectivity index (χ3n) is 6.96. The molecular weight excluding hydrogens is 497 g/mol. The van der Waals surface area contributed by atoms with Crippen molar-refractivity contribution in [1.82, 2.24) is 19.5 Å².